The van der Waals surface area contributed by atoms with Crippen molar-refractivity contribution in [3.05, 3.63) is 149 Å². The predicted molar refractivity (Wildman–Crippen MR) is 365 cm³/mol. The van der Waals surface area contributed by atoms with E-state index in [1.165, 1.54) is 91.8 Å². The highest BCUT2D eigenvalue weighted by Crippen LogP contribution is 2.35. The number of hydrogen-bond donors (Lipinski definition) is 4. The average Bonchev–Trinajstić information content (AvgIpc) is 2.25. The molecule has 0 aromatic heterocycles. The molecule has 6 fully saturated rings. The fourth-order valence-electron chi connectivity index (χ4n) is 10.9. The number of nitrogens with one attached hydrogen (secondary N) is 1. The van der Waals surface area contributed by atoms with Gasteiger partial charge in [-0.1, -0.05) is 68.9 Å². The van der Waals surface area contributed by atoms with Crippen molar-refractivity contribution in [1.29, 1.82) is 0 Å². The molecule has 11 rings (SSSR count). The third kappa shape index (κ3) is 22.7. The van der Waals surface area contributed by atoms with E-state index < -0.39 is 41.9 Å². The molecule has 4 N–H and O–H groups in total. The van der Waals surface area contributed by atoms with Crippen LogP contribution in [0.25, 0.3) is 11.1 Å². The lowest BCUT2D eigenvalue weighted by Crippen LogP contribution is -2.49. The van der Waals surface area contributed by atoms with Crippen molar-refractivity contribution >= 4 is 78.5 Å². The Hall–Kier alpha value is -4.38. The van der Waals surface area contributed by atoms with Gasteiger partial charge in [-0.25, -0.2) is 17.6 Å². The molecule has 1 amide bonds. The van der Waals surface area contributed by atoms with E-state index in [2.05, 4.69) is 42.4 Å². The molecule has 6 aliphatic rings. The maximum Gasteiger partial charge on any atom is 0.295 e. The molecule has 5 aromatic carbocycles. The van der Waals surface area contributed by atoms with Crippen molar-refractivity contribution in [1.82, 2.24) is 24.9 Å². The minimum absolute atomic E-state index is 0. The summed E-state index contributed by atoms with van der Waals surface area (Å²) in [5, 5.41) is 35.5. The third-order valence-electron chi connectivity index (χ3n) is 16.5. The minimum atomic E-state index is -1.21. The predicted octanol–water partition coefficient (Wildman–Crippen LogP) is 10.8. The van der Waals surface area contributed by atoms with Crippen molar-refractivity contribution in [2.24, 2.45) is 5.92 Å². The first-order valence-corrected chi connectivity index (χ1v) is 38.5. The van der Waals surface area contributed by atoms with Crippen LogP contribution in [-0.4, -0.2) is 150 Å². The van der Waals surface area contributed by atoms with Crippen molar-refractivity contribution in [2.45, 2.75) is 140 Å². The summed E-state index contributed by atoms with van der Waals surface area (Å²) >= 11 is 9.14. The Morgan fingerprint density at radius 1 is 0.556 bits per heavy atom. The average molecular weight is 1380 g/mol. The molecule has 0 unspecified atom stereocenters. The number of aliphatic hydroxyl groups excluding tert-OH is 3. The zero-order valence-corrected chi connectivity index (χ0v) is 56.1. The Balaban J connectivity index is 0.000000192. The van der Waals surface area contributed by atoms with Crippen LogP contribution in [0.1, 0.15) is 137 Å². The lowest BCUT2D eigenvalue weighted by molar-refractivity contribution is -0.130. The largest absolute Gasteiger partial charge is 0.487 e. The number of nitrogens with zero attached hydrogens (tertiary/aromatic N) is 4. The summed E-state index contributed by atoms with van der Waals surface area (Å²) in [6.45, 7) is 10.0. The van der Waals surface area contributed by atoms with Gasteiger partial charge in [0, 0.05) is 105 Å². The van der Waals surface area contributed by atoms with Gasteiger partial charge < -0.3 is 54.4 Å². The van der Waals surface area contributed by atoms with Crippen LogP contribution in [0, 0.1) is 29.2 Å². The second-order valence-electron chi connectivity index (χ2n) is 23.5. The molecule has 3 heterocycles. The van der Waals surface area contributed by atoms with Crippen LogP contribution >= 0.6 is 0 Å². The number of likely N-dealkylation sites (N-methyl/N-ethyl adjacent to an activating group) is 2. The molecule has 3 saturated heterocycles. The van der Waals surface area contributed by atoms with E-state index >= 15 is 0 Å². The van der Waals surface area contributed by atoms with E-state index in [1.54, 1.807) is 93.4 Å². The number of ketones is 1. The molecule has 3 aliphatic heterocycles. The first-order chi connectivity index (χ1) is 43.0. The number of benzene rings is 5. The lowest BCUT2D eigenvalue weighted by atomic mass is 9.96. The molecular formula is C66H85F4N5O8S7. The molecule has 13 nitrogen and oxygen atoms in total. The molecule has 5 aromatic rings. The summed E-state index contributed by atoms with van der Waals surface area (Å²) in [7, 11) is 10.7. The Bertz CT molecular complexity index is 3320. The molecule has 90 heavy (non-hydrogen) atoms. The normalized spacial score (nSPS) is 18.4. The Labute approximate surface area is 552 Å². The number of ether oxygens (including phenoxy) is 3. The first-order valence-electron chi connectivity index (χ1n) is 30.5. The highest BCUT2D eigenvalue weighted by Gasteiger charge is 2.35. The molecule has 3 saturated carbocycles. The van der Waals surface area contributed by atoms with Crippen molar-refractivity contribution < 1.29 is 56.7 Å². The van der Waals surface area contributed by atoms with Crippen molar-refractivity contribution in [3.63, 3.8) is 0 Å². The summed E-state index contributed by atoms with van der Waals surface area (Å²) in [6.07, 6.45) is 10.6. The van der Waals surface area contributed by atoms with Gasteiger partial charge in [0.15, 0.2) is 34.7 Å². The summed E-state index contributed by atoms with van der Waals surface area (Å²) in [6, 6.07) is 25.7. The van der Waals surface area contributed by atoms with E-state index in [9.17, 15) is 42.5 Å². The summed E-state index contributed by atoms with van der Waals surface area (Å²) < 4.78 is 72.7. The number of carbonyl (C=O) groups excluding carboxylic acids is 2. The van der Waals surface area contributed by atoms with Crippen LogP contribution in [-0.2, 0) is 71.6 Å². The molecule has 0 radical (unpaired) electrons. The smallest absolute Gasteiger partial charge is 0.295 e. The molecular weight excluding hydrogens is 1290 g/mol. The molecule has 3 aliphatic carbocycles. The molecule has 0 spiro atoms. The first kappa shape index (κ1) is 73.0. The van der Waals surface area contributed by atoms with Gasteiger partial charge in [-0.2, -0.15) is 0 Å². The Morgan fingerprint density at radius 2 is 0.933 bits per heavy atom. The van der Waals surface area contributed by atoms with Gasteiger partial charge in [-0.05, 0) is 206 Å². The quantitative estimate of drug-likeness (QED) is 0.0279. The zero-order valence-electron chi connectivity index (χ0n) is 50.4. The number of carbonyl (C=O) groups is 2. The van der Waals surface area contributed by atoms with Crippen LogP contribution in [0.15, 0.2) is 103 Å². The van der Waals surface area contributed by atoms with E-state index in [1.807, 2.05) is 14.0 Å². The number of halogens is 4. The van der Waals surface area contributed by atoms with Crippen molar-refractivity contribution in [3.8, 4) is 28.4 Å². The molecule has 492 valence electrons. The van der Waals surface area contributed by atoms with Crippen LogP contribution in [0.2, 0.25) is 0 Å². The summed E-state index contributed by atoms with van der Waals surface area (Å²) in [5.41, 5.74) is 3.33. The number of aliphatic hydroxyl groups is 3. The van der Waals surface area contributed by atoms with Crippen LogP contribution in [0.5, 0.6) is 17.2 Å². The topological polar surface area (TPSA) is 148 Å². The second-order valence-corrected chi connectivity index (χ2v) is 32.3. The SMILES string of the molecule is C.CN(C(=O)C(=O)c1ccc(-c2ccc(F)cc2)cc1)[C@H](CN1CCCC1)[C@H](O)c1ccc(OC2CC2)c(F)c1.CN[C@H](CN1CCCC1)[C@H](O)c1ccc(OC2CC2)c(F)c1.C[C@H](CN1CCCC1)[C@H](O)c1ccc(OC2CC2)c(F)c1.S=S=S=S=S=S=S. The number of likely N-dealkylation sites (tertiary alicyclic amines) is 3. The number of amides is 1. The van der Waals surface area contributed by atoms with Crippen LogP contribution in [0.3, 0.4) is 0 Å². The number of rotatable bonds is 23. The Kier molecular flexibility index (Phi) is 29.9. The van der Waals surface area contributed by atoms with Gasteiger partial charge in [0.25, 0.3) is 5.91 Å². The molecule has 6 atom stereocenters. The highest BCUT2D eigenvalue weighted by atomic mass is 33.4. The van der Waals surface area contributed by atoms with Crippen LogP contribution in [0.4, 0.5) is 17.6 Å². The Morgan fingerprint density at radius 3 is 1.32 bits per heavy atom. The standard InChI is InChI=1S/C31H32F2N2O4.C17H25FN2O2.C17H24FNO2.CH4.S7/c1-34(31(38)30(37)22-6-4-20(5-7-22)21-8-11-24(32)12-9-21)27(19-35-16-2-3-17-35)29(36)23-10-15-28(26(33)18-23)39-25-13-14-25;1-19-15(11-20-8-2-3-9-20)17(21)12-4-7-16(14(18)10-12)22-13-5-6-13;1-12(11-19-8-2-3-9-19)17(20)13-4-7-16(15(18)10-13)21-14-5-6-14;;1-3-5-7-6-4-2/h4-12,15,18,25,27,29,36H,2-3,13-14,16-17,19H2,1H3;4,7,10,13,15,17,19,21H,2-3,5-6,8-9,11H2,1H3;4,7,10,12,14,17,20H,2-3,5-6,8-9,11H2,1H3;1H4;/t27-,29-;15-,17-;12-,17+;;/m111../s1. The second kappa shape index (κ2) is 36.9. The van der Waals surface area contributed by atoms with Crippen molar-refractivity contribution in [2.75, 3.05) is 73.0 Å². The minimum Gasteiger partial charge on any atom is -0.487 e. The van der Waals surface area contributed by atoms with E-state index in [-0.39, 0.29) is 66.5 Å². The molecule has 24 heteroatoms. The lowest BCUT2D eigenvalue weighted by Gasteiger charge is -2.34. The molecule has 0 bridgehead atoms. The van der Waals surface area contributed by atoms with E-state index in [4.69, 9.17) is 14.2 Å². The van der Waals surface area contributed by atoms with Crippen LogP contribution < -0.4 is 19.5 Å². The van der Waals surface area contributed by atoms with Gasteiger partial charge >= 0.3 is 0 Å². The fraction of sp³-hybridized carbons (Fsp3) is 0.515. The number of hydrogen-bond acceptors (Lipinski definition) is 14. The van der Waals surface area contributed by atoms with E-state index in [0.29, 0.717) is 34.7 Å². The number of Topliss-reactive ketones (excluding diaryl/α,β-unsaturated/α-hetero) is 1. The monoisotopic (exact) mass is 1380 g/mol. The summed E-state index contributed by atoms with van der Waals surface area (Å²) in [4.78, 5) is 34.6. The van der Waals surface area contributed by atoms with Gasteiger partial charge in [0.1, 0.15) is 11.9 Å². The van der Waals surface area contributed by atoms with Gasteiger partial charge in [-0.3, -0.25) is 9.59 Å². The fourth-order valence-corrected chi connectivity index (χ4v) is 19.2. The van der Waals surface area contributed by atoms with Gasteiger partial charge in [-0.15, -0.1) is 0 Å². The van der Waals surface area contributed by atoms with E-state index in [0.717, 1.165) is 115 Å². The third-order valence-corrected chi connectivity index (χ3v) is 25.4. The zero-order chi connectivity index (χ0) is 63.4. The van der Waals surface area contributed by atoms with Gasteiger partial charge in [0.2, 0.25) is 5.78 Å². The van der Waals surface area contributed by atoms with Gasteiger partial charge in [0.05, 0.1) is 36.6 Å². The maximum absolute atomic E-state index is 14.8. The summed E-state index contributed by atoms with van der Waals surface area (Å²) in [5.74, 6) is -2.29. The highest BCUT2D eigenvalue weighted by molar-refractivity contribution is 8.68. The maximum atomic E-state index is 14.8.